The van der Waals surface area contributed by atoms with Crippen molar-refractivity contribution in [3.8, 4) is 0 Å². The highest BCUT2D eigenvalue weighted by Crippen LogP contribution is 2.22. The topological polar surface area (TPSA) is 62.3 Å². The summed E-state index contributed by atoms with van der Waals surface area (Å²) in [6.45, 7) is 5.04. The van der Waals surface area contributed by atoms with Crippen LogP contribution in [0.4, 0.5) is 0 Å². The molecule has 0 unspecified atom stereocenters. The Morgan fingerprint density at radius 1 is 1.26 bits per heavy atom. The quantitative estimate of drug-likeness (QED) is 0.808. The second-order valence-corrected chi connectivity index (χ2v) is 6.41. The lowest BCUT2D eigenvalue weighted by atomic mass is 10.2. The molecule has 1 aromatic heterocycles. The minimum atomic E-state index is -0.103. The van der Waals surface area contributed by atoms with Crippen molar-refractivity contribution in [2.45, 2.75) is 33.1 Å². The van der Waals surface area contributed by atoms with Gasteiger partial charge in [-0.05, 0) is 38.8 Å². The van der Waals surface area contributed by atoms with Crippen molar-refractivity contribution < 1.29 is 9.59 Å². The van der Waals surface area contributed by atoms with Crippen LogP contribution in [0.5, 0.6) is 0 Å². The maximum atomic E-state index is 12.2. The number of likely N-dealkylation sites (N-methyl/N-ethyl adjacent to an activating group) is 2. The summed E-state index contributed by atoms with van der Waals surface area (Å²) in [5.41, 5.74) is 1.02. The number of thiazole rings is 1. The molecule has 0 saturated heterocycles. The number of amides is 2. The van der Waals surface area contributed by atoms with Crippen molar-refractivity contribution in [2.75, 3.05) is 19.6 Å². The highest BCUT2D eigenvalue weighted by molar-refractivity contribution is 7.18. The molecule has 0 bridgehead atoms. The Labute approximate surface area is 140 Å². The zero-order valence-corrected chi connectivity index (χ0v) is 14.5. The third kappa shape index (κ3) is 5.03. The average Bonchev–Trinajstić information content (AvgIpc) is 2.95. The molecule has 0 aliphatic heterocycles. The van der Waals surface area contributed by atoms with Gasteiger partial charge in [0.2, 0.25) is 11.8 Å². The zero-order valence-electron chi connectivity index (χ0n) is 13.7. The lowest BCUT2D eigenvalue weighted by Crippen LogP contribution is -2.40. The second kappa shape index (κ2) is 8.62. The predicted octanol–water partition coefficient (Wildman–Crippen LogP) is 2.60. The number of carbonyl (C=O) groups excluding carboxylic acids is 2. The third-order valence-electron chi connectivity index (χ3n) is 3.56. The molecule has 0 spiro atoms. The van der Waals surface area contributed by atoms with E-state index in [1.807, 2.05) is 32.0 Å². The Morgan fingerprint density at radius 2 is 2.04 bits per heavy atom. The van der Waals surface area contributed by atoms with Crippen molar-refractivity contribution in [1.29, 1.82) is 0 Å². The third-order valence-corrected chi connectivity index (χ3v) is 4.66. The summed E-state index contributed by atoms with van der Waals surface area (Å²) >= 11 is 1.68. The Morgan fingerprint density at radius 3 is 2.74 bits per heavy atom. The fraction of sp³-hybridized carbons (Fsp3) is 0.471. The molecule has 6 heteroatoms. The molecule has 2 rings (SSSR count). The van der Waals surface area contributed by atoms with E-state index in [1.165, 1.54) is 4.70 Å². The molecule has 23 heavy (non-hydrogen) atoms. The lowest BCUT2D eigenvalue weighted by Gasteiger charge is -2.20. The number of aromatic nitrogens is 1. The first-order valence-electron chi connectivity index (χ1n) is 8.03. The Balaban J connectivity index is 1.81. The standard InChI is InChI=1S/C17H23N3O2S/c1-3-18-15(21)12-20(4-2)17(22)11-7-10-16-19-13-8-5-6-9-14(13)23-16/h5-6,8-9H,3-4,7,10-12H2,1-2H3,(H,18,21). The van der Waals surface area contributed by atoms with Crippen LogP contribution >= 0.6 is 11.3 Å². The number of fused-ring (bicyclic) bond motifs is 1. The fourth-order valence-electron chi connectivity index (χ4n) is 2.38. The first kappa shape index (κ1) is 17.4. The number of rotatable bonds is 8. The van der Waals surface area contributed by atoms with E-state index >= 15 is 0 Å². The molecule has 0 saturated carbocycles. The van der Waals surface area contributed by atoms with Crippen LogP contribution in [0.3, 0.4) is 0 Å². The van der Waals surface area contributed by atoms with Crippen molar-refractivity contribution in [2.24, 2.45) is 0 Å². The highest BCUT2D eigenvalue weighted by Gasteiger charge is 2.15. The molecule has 1 heterocycles. The van der Waals surface area contributed by atoms with Gasteiger partial charge in [0.05, 0.1) is 21.8 Å². The van der Waals surface area contributed by atoms with E-state index in [4.69, 9.17) is 0 Å². The van der Waals surface area contributed by atoms with Crippen molar-refractivity contribution in [3.05, 3.63) is 29.3 Å². The first-order chi connectivity index (χ1) is 11.1. The molecule has 5 nitrogen and oxygen atoms in total. The lowest BCUT2D eigenvalue weighted by molar-refractivity contribution is -0.135. The Bertz CT molecular complexity index is 636. The maximum Gasteiger partial charge on any atom is 0.239 e. The normalized spacial score (nSPS) is 10.7. The van der Waals surface area contributed by atoms with E-state index in [0.717, 1.165) is 23.4 Å². The van der Waals surface area contributed by atoms with Crippen LogP contribution in [0.1, 0.15) is 31.7 Å². The van der Waals surface area contributed by atoms with E-state index < -0.39 is 0 Å². The minimum Gasteiger partial charge on any atom is -0.355 e. The van der Waals surface area contributed by atoms with E-state index in [2.05, 4.69) is 16.4 Å². The molecule has 124 valence electrons. The number of aryl methyl sites for hydroxylation is 1. The van der Waals surface area contributed by atoms with Gasteiger partial charge in [-0.25, -0.2) is 4.98 Å². The molecular formula is C17H23N3O2S. The van der Waals surface area contributed by atoms with E-state index in [1.54, 1.807) is 16.2 Å². The van der Waals surface area contributed by atoms with E-state index in [9.17, 15) is 9.59 Å². The van der Waals surface area contributed by atoms with Gasteiger partial charge in [0, 0.05) is 19.5 Å². The molecular weight excluding hydrogens is 310 g/mol. The summed E-state index contributed by atoms with van der Waals surface area (Å²) in [7, 11) is 0. The summed E-state index contributed by atoms with van der Waals surface area (Å²) in [6, 6.07) is 8.06. The van der Waals surface area contributed by atoms with Crippen molar-refractivity contribution in [1.82, 2.24) is 15.2 Å². The van der Waals surface area contributed by atoms with Gasteiger partial charge in [0.25, 0.3) is 0 Å². The van der Waals surface area contributed by atoms with Gasteiger partial charge in [-0.2, -0.15) is 0 Å². The molecule has 2 amide bonds. The van der Waals surface area contributed by atoms with E-state index in [-0.39, 0.29) is 18.4 Å². The van der Waals surface area contributed by atoms with Crippen LogP contribution < -0.4 is 5.32 Å². The molecule has 0 fully saturated rings. The summed E-state index contributed by atoms with van der Waals surface area (Å²) in [4.78, 5) is 30.0. The molecule has 0 atom stereocenters. The van der Waals surface area contributed by atoms with Gasteiger partial charge in [0.15, 0.2) is 0 Å². The van der Waals surface area contributed by atoms with Crippen LogP contribution in [0.25, 0.3) is 10.2 Å². The van der Waals surface area contributed by atoms with Gasteiger partial charge in [-0.3, -0.25) is 9.59 Å². The molecule has 0 aliphatic carbocycles. The van der Waals surface area contributed by atoms with Gasteiger partial charge in [-0.15, -0.1) is 11.3 Å². The monoisotopic (exact) mass is 333 g/mol. The Hall–Kier alpha value is -1.95. The number of hydrogen-bond acceptors (Lipinski definition) is 4. The Kier molecular flexibility index (Phi) is 6.52. The average molecular weight is 333 g/mol. The van der Waals surface area contributed by atoms with Crippen molar-refractivity contribution >= 4 is 33.4 Å². The summed E-state index contributed by atoms with van der Waals surface area (Å²) in [5, 5.41) is 3.78. The zero-order chi connectivity index (χ0) is 16.7. The molecule has 1 aromatic carbocycles. The number of para-hydroxylation sites is 1. The second-order valence-electron chi connectivity index (χ2n) is 5.29. The molecule has 0 radical (unpaired) electrons. The van der Waals surface area contributed by atoms with Gasteiger partial charge in [-0.1, -0.05) is 12.1 Å². The van der Waals surface area contributed by atoms with Crippen LogP contribution in [-0.4, -0.2) is 41.3 Å². The van der Waals surface area contributed by atoms with Crippen LogP contribution in [0.15, 0.2) is 24.3 Å². The smallest absolute Gasteiger partial charge is 0.239 e. The highest BCUT2D eigenvalue weighted by atomic mass is 32.1. The number of nitrogens with zero attached hydrogens (tertiary/aromatic N) is 2. The van der Waals surface area contributed by atoms with Crippen LogP contribution in [0, 0.1) is 0 Å². The number of nitrogens with one attached hydrogen (secondary N) is 1. The summed E-state index contributed by atoms with van der Waals surface area (Å²) < 4.78 is 1.18. The van der Waals surface area contributed by atoms with Crippen LogP contribution in [0.2, 0.25) is 0 Å². The largest absolute Gasteiger partial charge is 0.355 e. The fourth-order valence-corrected chi connectivity index (χ4v) is 3.39. The minimum absolute atomic E-state index is 0.0277. The number of carbonyl (C=O) groups is 2. The summed E-state index contributed by atoms with van der Waals surface area (Å²) in [5.74, 6) is -0.0752. The van der Waals surface area contributed by atoms with Gasteiger partial charge in [0.1, 0.15) is 0 Å². The molecule has 0 aliphatic rings. The maximum absolute atomic E-state index is 12.2. The van der Waals surface area contributed by atoms with Crippen molar-refractivity contribution in [3.63, 3.8) is 0 Å². The molecule has 1 N–H and O–H groups in total. The number of benzene rings is 1. The van der Waals surface area contributed by atoms with Gasteiger partial charge < -0.3 is 10.2 Å². The summed E-state index contributed by atoms with van der Waals surface area (Å²) in [6.07, 6.45) is 2.00. The van der Waals surface area contributed by atoms with Crippen LogP contribution in [-0.2, 0) is 16.0 Å². The predicted molar refractivity (Wildman–Crippen MR) is 93.5 cm³/mol. The number of hydrogen-bond donors (Lipinski definition) is 1. The van der Waals surface area contributed by atoms with Gasteiger partial charge >= 0.3 is 0 Å². The van der Waals surface area contributed by atoms with E-state index in [0.29, 0.717) is 19.5 Å². The SMILES string of the molecule is CCNC(=O)CN(CC)C(=O)CCCc1nc2ccccc2s1. The first-order valence-corrected chi connectivity index (χ1v) is 8.84. The molecule has 2 aromatic rings.